The number of hydrogen-bond donors (Lipinski definition) is 7. The maximum Gasteiger partial charge on any atom is 0.330 e. The Hall–Kier alpha value is -2.76. The number of carboxylic acid groups (broad SMARTS) is 1. The van der Waals surface area contributed by atoms with E-state index in [1.807, 2.05) is 18.2 Å². The lowest BCUT2D eigenvalue weighted by Gasteiger charge is -2.45. The average molecular weight is 708 g/mol. The molecule has 50 heavy (non-hydrogen) atoms. The number of allylic oxidation sites excluding steroid dienone is 6. The van der Waals surface area contributed by atoms with Gasteiger partial charge in [0.2, 0.25) is 0 Å². The number of epoxide rings is 1. The van der Waals surface area contributed by atoms with E-state index >= 15 is 0 Å². The van der Waals surface area contributed by atoms with Crippen LogP contribution in [0.4, 0.5) is 0 Å². The van der Waals surface area contributed by atoms with Crippen molar-refractivity contribution < 1.29 is 63.9 Å². The van der Waals surface area contributed by atoms with Crippen LogP contribution in [0.2, 0.25) is 0 Å². The van der Waals surface area contributed by atoms with Gasteiger partial charge in [0.05, 0.1) is 48.8 Å². The molecular weight excluding hydrogens is 654 g/mol. The number of hydrogen-bond acceptors (Lipinski definition) is 13. The molecular formula is C36H53NO13. The first-order valence-corrected chi connectivity index (χ1v) is 17.4. The molecule has 3 fully saturated rings. The number of aliphatic hydroxyl groups is 5. The van der Waals surface area contributed by atoms with Crippen LogP contribution in [0.15, 0.2) is 60.8 Å². The molecule has 2 bridgehead atoms. The number of fused-ring (bicyclic) bond motifs is 3. The summed E-state index contributed by atoms with van der Waals surface area (Å²) in [5, 5.41) is 64.2. The Morgan fingerprint density at radius 3 is 2.42 bits per heavy atom. The van der Waals surface area contributed by atoms with Crippen molar-refractivity contribution in [3.63, 3.8) is 0 Å². The maximum absolute atomic E-state index is 12.5. The molecule has 14 nitrogen and oxygen atoms in total. The summed E-state index contributed by atoms with van der Waals surface area (Å²) < 4.78 is 29.0. The number of carboxylic acids is 1. The predicted molar refractivity (Wildman–Crippen MR) is 179 cm³/mol. The minimum atomic E-state index is -2.10. The van der Waals surface area contributed by atoms with Gasteiger partial charge in [-0.2, -0.15) is 0 Å². The Kier molecular flexibility index (Phi) is 14.9. The zero-order valence-corrected chi connectivity index (χ0v) is 28.6. The van der Waals surface area contributed by atoms with Gasteiger partial charge in [-0.15, -0.1) is 0 Å². The van der Waals surface area contributed by atoms with Gasteiger partial charge in [0.15, 0.2) is 12.1 Å². The summed E-state index contributed by atoms with van der Waals surface area (Å²) in [6, 6.07) is -1.08. The van der Waals surface area contributed by atoms with Crippen LogP contribution in [0.1, 0.15) is 65.2 Å². The van der Waals surface area contributed by atoms with Crippen molar-refractivity contribution in [1.82, 2.24) is 0 Å². The second kappa shape index (κ2) is 18.6. The minimum absolute atomic E-state index is 0.0816. The van der Waals surface area contributed by atoms with Crippen LogP contribution in [0.5, 0.6) is 0 Å². The predicted octanol–water partition coefficient (Wildman–Crippen LogP) is 1.29. The van der Waals surface area contributed by atoms with Crippen molar-refractivity contribution in [3.8, 4) is 0 Å². The van der Waals surface area contributed by atoms with Crippen LogP contribution in [0.25, 0.3) is 0 Å². The molecule has 0 aromatic rings. The zero-order valence-electron chi connectivity index (χ0n) is 28.6. The molecule has 0 amide bonds. The smallest absolute Gasteiger partial charge is 0.330 e. The van der Waals surface area contributed by atoms with Crippen LogP contribution in [0.3, 0.4) is 0 Å². The summed E-state index contributed by atoms with van der Waals surface area (Å²) in [6.45, 7) is 3.64. The second-order valence-corrected chi connectivity index (χ2v) is 13.5. The molecule has 8 N–H and O–H groups in total. The number of carbonyl (C=O) groups excluding carboxylic acids is 1. The van der Waals surface area contributed by atoms with Crippen molar-refractivity contribution in [3.05, 3.63) is 60.8 Å². The zero-order chi connectivity index (χ0) is 36.4. The number of ether oxygens (including phenoxy) is 5. The van der Waals surface area contributed by atoms with E-state index in [0.717, 1.165) is 19.3 Å². The number of aliphatic hydroxyl groups excluding tert-OH is 4. The average Bonchev–Trinajstić information content (AvgIpc) is 3.78. The van der Waals surface area contributed by atoms with Gasteiger partial charge in [0, 0.05) is 38.2 Å². The highest BCUT2D eigenvalue weighted by Gasteiger charge is 2.51. The molecule has 4 aliphatic rings. The monoisotopic (exact) mass is 707 g/mol. The van der Waals surface area contributed by atoms with Gasteiger partial charge in [-0.3, -0.25) is 4.79 Å². The van der Waals surface area contributed by atoms with Crippen molar-refractivity contribution in [1.29, 1.82) is 0 Å². The highest BCUT2D eigenvalue weighted by Crippen LogP contribution is 2.39. The van der Waals surface area contributed by atoms with Gasteiger partial charge in [-0.25, -0.2) is 4.79 Å². The lowest BCUT2D eigenvalue weighted by molar-refractivity contribution is -0.308. The molecule has 14 atom stereocenters. The first-order chi connectivity index (χ1) is 23.8. The van der Waals surface area contributed by atoms with Crippen molar-refractivity contribution in [2.75, 3.05) is 0 Å². The van der Waals surface area contributed by atoms with E-state index in [9.17, 15) is 40.2 Å². The Balaban J connectivity index is 1.58. The van der Waals surface area contributed by atoms with Gasteiger partial charge in [-0.05, 0) is 19.4 Å². The van der Waals surface area contributed by atoms with Gasteiger partial charge < -0.3 is 60.1 Å². The van der Waals surface area contributed by atoms with Gasteiger partial charge >= 0.3 is 11.9 Å². The first-order valence-electron chi connectivity index (χ1n) is 17.4. The third kappa shape index (κ3) is 11.6. The molecule has 4 heterocycles. The largest absolute Gasteiger partial charge is 0.481 e. The fraction of sp³-hybridized carbons (Fsp3) is 0.667. The summed E-state index contributed by atoms with van der Waals surface area (Å²) >= 11 is 0. The number of carbonyl (C=O) groups is 2. The van der Waals surface area contributed by atoms with Gasteiger partial charge in [0.25, 0.3) is 0 Å². The summed E-state index contributed by atoms with van der Waals surface area (Å²) in [4.78, 5) is 24.8. The Morgan fingerprint density at radius 1 is 0.980 bits per heavy atom. The Labute approximate surface area is 292 Å². The number of nitrogens with two attached hydrogens (primary N) is 1. The van der Waals surface area contributed by atoms with Crippen LogP contribution in [-0.2, 0) is 33.3 Å². The van der Waals surface area contributed by atoms with E-state index in [1.165, 1.54) is 6.08 Å². The molecule has 0 aliphatic carbocycles. The van der Waals surface area contributed by atoms with Crippen LogP contribution in [0, 0.1) is 5.92 Å². The van der Waals surface area contributed by atoms with E-state index in [0.29, 0.717) is 6.42 Å². The third-order valence-electron chi connectivity index (χ3n) is 9.35. The van der Waals surface area contributed by atoms with Crippen molar-refractivity contribution in [2.24, 2.45) is 11.7 Å². The highest BCUT2D eigenvalue weighted by atomic mass is 16.7. The lowest BCUT2D eigenvalue weighted by atomic mass is 9.83. The van der Waals surface area contributed by atoms with Crippen molar-refractivity contribution >= 4 is 11.9 Å². The van der Waals surface area contributed by atoms with Crippen LogP contribution < -0.4 is 5.73 Å². The number of unbranched alkanes of at least 4 members (excludes halogenated alkanes) is 1. The number of aliphatic carboxylic acids is 1. The number of esters is 1. The van der Waals surface area contributed by atoms with E-state index in [1.54, 1.807) is 43.4 Å². The normalized spacial score (nSPS) is 45.1. The summed E-state index contributed by atoms with van der Waals surface area (Å²) in [5.41, 5.74) is 6.00. The Morgan fingerprint density at radius 2 is 1.70 bits per heavy atom. The maximum atomic E-state index is 12.5. The molecule has 3 saturated heterocycles. The van der Waals surface area contributed by atoms with E-state index in [4.69, 9.17) is 29.4 Å². The first kappa shape index (κ1) is 40.0. The second-order valence-electron chi connectivity index (χ2n) is 13.5. The summed E-state index contributed by atoms with van der Waals surface area (Å²) in [7, 11) is 0. The fourth-order valence-corrected chi connectivity index (χ4v) is 6.54. The van der Waals surface area contributed by atoms with Crippen LogP contribution >= 0.6 is 0 Å². The number of cyclic esters (lactones) is 1. The molecule has 0 radical (unpaired) electrons. The summed E-state index contributed by atoms with van der Waals surface area (Å²) in [6.07, 6.45) is 8.24. The molecule has 0 spiro atoms. The molecule has 0 aromatic carbocycles. The third-order valence-corrected chi connectivity index (χ3v) is 9.35. The topological polar surface area (TPSA) is 231 Å². The minimum Gasteiger partial charge on any atom is -0.481 e. The molecule has 0 aromatic heterocycles. The van der Waals surface area contributed by atoms with E-state index in [2.05, 4.69) is 6.92 Å². The lowest BCUT2D eigenvalue weighted by Crippen LogP contribution is -2.61. The molecule has 4 aliphatic heterocycles. The SMILES string of the molecule is CCCCC1C/C=C/C=C/C=C/C=C/C(O[C@@H]2O[C@H](C)[C@@H](O)[C@H](N)[C@@H]2O)CC2OC(O)(CC(O)CC3OC3/C=C/C(=O)O1)CC(O)C2C(=O)O. The van der Waals surface area contributed by atoms with Crippen molar-refractivity contribution in [2.45, 2.75) is 144 Å². The standard InChI is InChI=1S/C36H53NO13/c1-3-4-12-23-13-10-8-6-5-7-9-11-14-24(48-35-33(42)31(37)32(41)21(2)46-35)18-28-30(34(43)44)25(39)20-36(45,50-28)19-22(38)17-27-26(49-27)15-16-29(40)47-23/h5-11,14-16,21-28,30-33,35,38-39,41-42,45H,3-4,12-13,17-20,37H2,1-2H3,(H,43,44)/b6-5+,9-7+,10-8+,14-11+,16-15+/t21-,22?,23?,24?,25?,26?,27?,28?,30?,31+,32-,33+,35+,36?/m1/s1. The number of rotatable bonds is 6. The molecule has 4 rings (SSSR count). The fourth-order valence-electron chi connectivity index (χ4n) is 6.54. The molecule has 280 valence electrons. The van der Waals surface area contributed by atoms with E-state index < -0.39 is 97.3 Å². The Bertz CT molecular complexity index is 1270. The molecule has 9 unspecified atom stereocenters. The van der Waals surface area contributed by atoms with Gasteiger partial charge in [0.1, 0.15) is 24.2 Å². The quantitative estimate of drug-likeness (QED) is 0.152. The van der Waals surface area contributed by atoms with Gasteiger partial charge in [-0.1, -0.05) is 68.4 Å². The highest BCUT2D eigenvalue weighted by molar-refractivity contribution is 5.82. The van der Waals surface area contributed by atoms with E-state index in [-0.39, 0.29) is 25.4 Å². The van der Waals surface area contributed by atoms with Crippen LogP contribution in [-0.4, -0.2) is 122 Å². The molecule has 0 saturated carbocycles. The summed E-state index contributed by atoms with van der Waals surface area (Å²) in [5.74, 6) is -5.41. The molecule has 14 heteroatoms.